The van der Waals surface area contributed by atoms with Gasteiger partial charge in [-0.2, -0.15) is 5.26 Å². The minimum absolute atomic E-state index is 0.101. The van der Waals surface area contributed by atoms with Crippen LogP contribution in [0.4, 0.5) is 5.69 Å². The van der Waals surface area contributed by atoms with Gasteiger partial charge in [0, 0.05) is 22.5 Å². The molecular weight excluding hydrogens is 450 g/mol. The van der Waals surface area contributed by atoms with Crippen molar-refractivity contribution in [2.24, 2.45) is 0 Å². The Hall–Kier alpha value is -2.56. The maximum absolute atomic E-state index is 12.4. The van der Waals surface area contributed by atoms with Gasteiger partial charge < -0.3 is 10.6 Å². The number of benzene rings is 2. The number of hydrogen-bond donors (Lipinski definition) is 2. The Morgan fingerprint density at radius 1 is 1.31 bits per heavy atom. The summed E-state index contributed by atoms with van der Waals surface area (Å²) in [7, 11) is 0. The SMILES string of the molecule is CCc1ccccc1NC(=O)CSC1=C(C#N)C(c2cccc(Br)c2)CC(=O)N1. The summed E-state index contributed by atoms with van der Waals surface area (Å²) in [5, 5.41) is 15.9. The van der Waals surface area contributed by atoms with E-state index in [-0.39, 0.29) is 29.9 Å². The minimum atomic E-state index is -0.322. The summed E-state index contributed by atoms with van der Waals surface area (Å²) in [6.45, 7) is 2.03. The summed E-state index contributed by atoms with van der Waals surface area (Å²) < 4.78 is 0.890. The number of anilines is 1. The summed E-state index contributed by atoms with van der Waals surface area (Å²) in [5.41, 5.74) is 3.22. The van der Waals surface area contributed by atoms with Crippen LogP contribution in [-0.4, -0.2) is 17.6 Å². The average molecular weight is 470 g/mol. The van der Waals surface area contributed by atoms with Gasteiger partial charge >= 0.3 is 0 Å². The van der Waals surface area contributed by atoms with E-state index >= 15 is 0 Å². The first-order valence-corrected chi connectivity index (χ1v) is 11.0. The Balaban J connectivity index is 1.76. The second-order valence-corrected chi connectivity index (χ2v) is 8.46. The van der Waals surface area contributed by atoms with Crippen molar-refractivity contribution < 1.29 is 9.59 Å². The van der Waals surface area contributed by atoms with Gasteiger partial charge in [0.05, 0.1) is 22.4 Å². The molecule has 1 heterocycles. The number of hydrogen-bond acceptors (Lipinski definition) is 4. The van der Waals surface area contributed by atoms with Gasteiger partial charge in [-0.15, -0.1) is 0 Å². The van der Waals surface area contributed by atoms with Crippen molar-refractivity contribution >= 4 is 45.2 Å². The second-order valence-electron chi connectivity index (χ2n) is 6.56. The zero-order valence-electron chi connectivity index (χ0n) is 15.9. The third-order valence-electron chi connectivity index (χ3n) is 4.63. The molecule has 0 spiro atoms. The lowest BCUT2D eigenvalue weighted by molar-refractivity contribution is -0.121. The van der Waals surface area contributed by atoms with Crippen molar-refractivity contribution in [2.75, 3.05) is 11.1 Å². The summed E-state index contributed by atoms with van der Waals surface area (Å²) in [6, 6.07) is 17.5. The molecule has 0 aliphatic carbocycles. The molecule has 1 atom stereocenters. The van der Waals surface area contributed by atoms with E-state index in [2.05, 4.69) is 32.6 Å². The highest BCUT2D eigenvalue weighted by molar-refractivity contribution is 9.10. The number of thioether (sulfide) groups is 1. The zero-order chi connectivity index (χ0) is 20.8. The fourth-order valence-corrected chi connectivity index (χ4v) is 4.51. The molecule has 2 aromatic rings. The third kappa shape index (κ3) is 5.28. The summed E-state index contributed by atoms with van der Waals surface area (Å²) in [4.78, 5) is 24.7. The van der Waals surface area contributed by atoms with E-state index < -0.39 is 0 Å². The molecule has 0 fully saturated rings. The third-order valence-corrected chi connectivity index (χ3v) is 6.14. The lowest BCUT2D eigenvalue weighted by Gasteiger charge is -2.25. The zero-order valence-corrected chi connectivity index (χ0v) is 18.3. The van der Waals surface area contributed by atoms with Crippen molar-refractivity contribution in [2.45, 2.75) is 25.7 Å². The van der Waals surface area contributed by atoms with Gasteiger partial charge in [-0.25, -0.2) is 0 Å². The number of nitriles is 1. The minimum Gasteiger partial charge on any atom is -0.325 e. The molecule has 3 rings (SSSR count). The molecule has 0 bridgehead atoms. The highest BCUT2D eigenvalue weighted by Gasteiger charge is 2.30. The normalized spacial score (nSPS) is 16.2. The van der Waals surface area contributed by atoms with E-state index in [0.29, 0.717) is 10.6 Å². The molecule has 0 aromatic heterocycles. The van der Waals surface area contributed by atoms with Gasteiger partial charge in [0.1, 0.15) is 0 Å². The van der Waals surface area contributed by atoms with Crippen LogP contribution in [0.1, 0.15) is 30.4 Å². The van der Waals surface area contributed by atoms with E-state index in [9.17, 15) is 14.9 Å². The Labute approximate surface area is 182 Å². The standard InChI is InChI=1S/C22H20BrN3O2S/c1-2-14-6-3-4-9-19(14)25-21(28)13-29-22-18(12-24)17(11-20(27)26-22)15-7-5-8-16(23)10-15/h3-10,17H,2,11,13H2,1H3,(H,25,28)(H,26,27). The van der Waals surface area contributed by atoms with Crippen LogP contribution in [0.3, 0.4) is 0 Å². The van der Waals surface area contributed by atoms with E-state index in [0.717, 1.165) is 27.7 Å². The number of carbonyl (C=O) groups excluding carboxylic acids is 2. The Kier molecular flexibility index (Phi) is 7.13. The largest absolute Gasteiger partial charge is 0.325 e. The van der Waals surface area contributed by atoms with Crippen molar-refractivity contribution in [1.82, 2.24) is 5.32 Å². The van der Waals surface area contributed by atoms with Gasteiger partial charge in [-0.1, -0.05) is 64.9 Å². The van der Waals surface area contributed by atoms with Crippen LogP contribution in [-0.2, 0) is 16.0 Å². The summed E-state index contributed by atoms with van der Waals surface area (Å²) in [6.07, 6.45) is 1.02. The van der Waals surface area contributed by atoms with Crippen molar-refractivity contribution in [3.05, 3.63) is 74.7 Å². The number of rotatable bonds is 6. The molecule has 0 saturated heterocycles. The number of para-hydroxylation sites is 1. The molecule has 29 heavy (non-hydrogen) atoms. The number of aryl methyl sites for hydroxylation is 1. The second kappa shape index (κ2) is 9.77. The molecule has 1 aliphatic rings. The van der Waals surface area contributed by atoms with E-state index in [1.54, 1.807) is 0 Å². The molecule has 1 unspecified atom stereocenters. The van der Waals surface area contributed by atoms with Crippen molar-refractivity contribution in [3.63, 3.8) is 0 Å². The lowest BCUT2D eigenvalue weighted by atomic mass is 9.87. The molecular formula is C22H20BrN3O2S. The Morgan fingerprint density at radius 3 is 2.83 bits per heavy atom. The van der Waals surface area contributed by atoms with Crippen LogP contribution < -0.4 is 10.6 Å². The van der Waals surface area contributed by atoms with Crippen LogP contribution in [0.2, 0.25) is 0 Å². The predicted octanol–water partition coefficient (Wildman–Crippen LogP) is 4.72. The van der Waals surface area contributed by atoms with Crippen LogP contribution >= 0.6 is 27.7 Å². The van der Waals surface area contributed by atoms with Gasteiger partial charge in [-0.05, 0) is 35.7 Å². The van der Waals surface area contributed by atoms with E-state index in [4.69, 9.17) is 0 Å². The number of halogens is 1. The molecule has 2 N–H and O–H groups in total. The van der Waals surface area contributed by atoms with Crippen LogP contribution in [0.25, 0.3) is 0 Å². The number of amides is 2. The Bertz CT molecular complexity index is 1010. The monoisotopic (exact) mass is 469 g/mol. The topological polar surface area (TPSA) is 82.0 Å². The first kappa shape index (κ1) is 21.2. The number of carbonyl (C=O) groups is 2. The van der Waals surface area contributed by atoms with Crippen LogP contribution in [0, 0.1) is 11.3 Å². The van der Waals surface area contributed by atoms with Gasteiger partial charge in [-0.3, -0.25) is 9.59 Å². The highest BCUT2D eigenvalue weighted by atomic mass is 79.9. The summed E-state index contributed by atoms with van der Waals surface area (Å²) in [5.74, 6) is -0.560. The molecule has 7 heteroatoms. The lowest BCUT2D eigenvalue weighted by Crippen LogP contribution is -2.31. The molecule has 0 saturated carbocycles. The fourth-order valence-electron chi connectivity index (χ4n) is 3.22. The van der Waals surface area contributed by atoms with Gasteiger partial charge in [0.25, 0.3) is 0 Å². The average Bonchev–Trinajstić information content (AvgIpc) is 2.72. The number of nitrogens with one attached hydrogen (secondary N) is 2. The number of nitrogens with zero attached hydrogens (tertiary/aromatic N) is 1. The van der Waals surface area contributed by atoms with Crippen LogP contribution in [0.15, 0.2) is 63.6 Å². The highest BCUT2D eigenvalue weighted by Crippen LogP contribution is 2.36. The quantitative estimate of drug-likeness (QED) is 0.640. The van der Waals surface area contributed by atoms with Gasteiger partial charge in [0.2, 0.25) is 11.8 Å². The first-order valence-electron chi connectivity index (χ1n) is 9.22. The Morgan fingerprint density at radius 2 is 2.10 bits per heavy atom. The molecule has 148 valence electrons. The van der Waals surface area contributed by atoms with Gasteiger partial charge in [0.15, 0.2) is 0 Å². The van der Waals surface area contributed by atoms with Crippen LogP contribution in [0.5, 0.6) is 0 Å². The molecule has 2 aromatic carbocycles. The maximum atomic E-state index is 12.4. The summed E-state index contributed by atoms with van der Waals surface area (Å²) >= 11 is 4.61. The molecule has 1 aliphatic heterocycles. The molecule has 5 nitrogen and oxygen atoms in total. The number of allylic oxidation sites excluding steroid dienone is 1. The van der Waals surface area contributed by atoms with E-state index in [1.807, 2.05) is 55.5 Å². The first-order chi connectivity index (χ1) is 14.0. The maximum Gasteiger partial charge on any atom is 0.234 e. The smallest absolute Gasteiger partial charge is 0.234 e. The fraction of sp³-hybridized carbons (Fsp3) is 0.227. The van der Waals surface area contributed by atoms with E-state index in [1.165, 1.54) is 11.8 Å². The predicted molar refractivity (Wildman–Crippen MR) is 119 cm³/mol. The van der Waals surface area contributed by atoms with Crippen molar-refractivity contribution in [1.29, 1.82) is 5.26 Å². The molecule has 0 radical (unpaired) electrons. The van der Waals surface area contributed by atoms with Crippen molar-refractivity contribution in [3.8, 4) is 6.07 Å². The molecule has 2 amide bonds.